The third-order valence-corrected chi connectivity index (χ3v) is 6.15. The highest BCUT2D eigenvalue weighted by Crippen LogP contribution is 2.34. The van der Waals surface area contributed by atoms with Crippen molar-refractivity contribution >= 4 is 61.2 Å². The van der Waals surface area contributed by atoms with Crippen LogP contribution < -0.4 is 4.72 Å². The third-order valence-electron chi connectivity index (χ3n) is 4.22. The summed E-state index contributed by atoms with van der Waals surface area (Å²) in [6, 6.07) is 19.8. The molecule has 0 bridgehead atoms. The van der Waals surface area contributed by atoms with E-state index in [0.29, 0.717) is 38.0 Å². The number of fused-ring (bicyclic) bond motifs is 1. The Morgan fingerprint density at radius 3 is 2.40 bits per heavy atom. The average Bonchev–Trinajstić information content (AvgIpc) is 2.76. The molecule has 1 heterocycles. The van der Waals surface area contributed by atoms with Crippen molar-refractivity contribution in [3.05, 3.63) is 89.0 Å². The number of hydrogen-bond donors (Lipinski definition) is 1. The summed E-state index contributed by atoms with van der Waals surface area (Å²) in [4.78, 5) is 4.49. The van der Waals surface area contributed by atoms with Crippen LogP contribution in [0.15, 0.2) is 94.1 Å². The number of benzene rings is 3. The maximum Gasteiger partial charge on any atom is 0.261 e. The minimum absolute atomic E-state index is 0.161. The zero-order valence-corrected chi connectivity index (χ0v) is 17.7. The summed E-state index contributed by atoms with van der Waals surface area (Å²) in [7, 11) is -3.76. The average molecular weight is 457 g/mol. The predicted molar refractivity (Wildman–Crippen MR) is 120 cm³/mol. The molecule has 0 aliphatic rings. The molecule has 0 unspecified atom stereocenters. The molecule has 4 rings (SSSR count). The summed E-state index contributed by atoms with van der Waals surface area (Å²) in [6.45, 7) is 0. The Hall–Kier alpha value is -3.00. The van der Waals surface area contributed by atoms with Gasteiger partial charge in [0.05, 0.1) is 26.8 Å². The molecule has 0 atom stereocenters. The third kappa shape index (κ3) is 4.28. The summed E-state index contributed by atoms with van der Waals surface area (Å²) in [5.74, 6) is 0. The molecule has 0 radical (unpaired) electrons. The Balaban J connectivity index is 1.74. The Morgan fingerprint density at radius 1 is 0.833 bits per heavy atom. The van der Waals surface area contributed by atoms with Crippen LogP contribution >= 0.6 is 23.2 Å². The van der Waals surface area contributed by atoms with Crippen molar-refractivity contribution in [2.24, 2.45) is 10.2 Å². The van der Waals surface area contributed by atoms with Crippen molar-refractivity contribution in [2.45, 2.75) is 4.90 Å². The Kier molecular flexibility index (Phi) is 5.67. The van der Waals surface area contributed by atoms with E-state index in [9.17, 15) is 8.42 Å². The largest absolute Gasteiger partial charge is 0.277 e. The molecule has 0 fully saturated rings. The van der Waals surface area contributed by atoms with Crippen LogP contribution in [0.3, 0.4) is 0 Å². The van der Waals surface area contributed by atoms with Crippen molar-refractivity contribution in [3.8, 4) is 0 Å². The number of rotatable bonds is 5. The number of sulfonamides is 1. The molecule has 150 valence electrons. The van der Waals surface area contributed by atoms with E-state index < -0.39 is 10.0 Å². The standard InChI is InChI=1S/C21H14Cl2N4O2S/c22-14-8-9-17(23)20(13-14)26-25-18-10-11-19(21-16(18)7-4-12-24-21)27-30(28,29)15-5-2-1-3-6-15/h1-13,27H. The Bertz CT molecular complexity index is 1360. The quantitative estimate of drug-likeness (QED) is 0.336. The highest BCUT2D eigenvalue weighted by molar-refractivity contribution is 7.92. The van der Waals surface area contributed by atoms with E-state index >= 15 is 0 Å². The molecule has 30 heavy (non-hydrogen) atoms. The number of anilines is 1. The predicted octanol–water partition coefficient (Wildman–Crippen LogP) is 6.76. The lowest BCUT2D eigenvalue weighted by Gasteiger charge is -2.11. The molecule has 1 N–H and O–H groups in total. The summed E-state index contributed by atoms with van der Waals surface area (Å²) in [5.41, 5.74) is 1.73. The highest BCUT2D eigenvalue weighted by atomic mass is 35.5. The van der Waals surface area contributed by atoms with Crippen molar-refractivity contribution in [3.63, 3.8) is 0 Å². The smallest absolute Gasteiger partial charge is 0.261 e. The van der Waals surface area contributed by atoms with Gasteiger partial charge in [-0.05, 0) is 54.6 Å². The van der Waals surface area contributed by atoms with Crippen molar-refractivity contribution in [1.29, 1.82) is 0 Å². The van der Waals surface area contributed by atoms with E-state index in [4.69, 9.17) is 23.2 Å². The van der Waals surface area contributed by atoms with E-state index in [0.717, 1.165) is 0 Å². The normalized spacial score (nSPS) is 11.8. The summed E-state index contributed by atoms with van der Waals surface area (Å²) in [5, 5.41) is 9.99. The molecule has 4 aromatic rings. The molecule has 9 heteroatoms. The van der Waals surface area contributed by atoms with Gasteiger partial charge in [0.1, 0.15) is 5.69 Å². The maximum absolute atomic E-state index is 12.7. The van der Waals surface area contributed by atoms with E-state index in [1.165, 1.54) is 12.1 Å². The number of nitrogens with zero attached hydrogens (tertiary/aromatic N) is 3. The highest BCUT2D eigenvalue weighted by Gasteiger charge is 2.16. The van der Waals surface area contributed by atoms with Gasteiger partial charge in [0.2, 0.25) is 0 Å². The van der Waals surface area contributed by atoms with Crippen LogP contribution in [0.2, 0.25) is 10.0 Å². The molecule has 0 saturated heterocycles. The second-order valence-corrected chi connectivity index (χ2v) is 8.77. The fraction of sp³-hybridized carbons (Fsp3) is 0. The molecular weight excluding hydrogens is 443 g/mol. The number of halogens is 2. The number of hydrogen-bond acceptors (Lipinski definition) is 5. The molecule has 0 amide bonds. The first-order chi connectivity index (χ1) is 14.4. The lowest BCUT2D eigenvalue weighted by atomic mass is 10.1. The molecule has 0 aliphatic carbocycles. The van der Waals surface area contributed by atoms with Gasteiger partial charge in [0.15, 0.2) is 0 Å². The van der Waals surface area contributed by atoms with Crippen molar-refractivity contribution < 1.29 is 8.42 Å². The minimum Gasteiger partial charge on any atom is -0.277 e. The van der Waals surface area contributed by atoms with Gasteiger partial charge < -0.3 is 0 Å². The number of azo groups is 1. The maximum atomic E-state index is 12.7. The summed E-state index contributed by atoms with van der Waals surface area (Å²) >= 11 is 12.1. The van der Waals surface area contributed by atoms with E-state index in [2.05, 4.69) is 19.9 Å². The molecular formula is C21H14Cl2N4O2S. The lowest BCUT2D eigenvalue weighted by molar-refractivity contribution is 0.601. The lowest BCUT2D eigenvalue weighted by Crippen LogP contribution is -2.13. The molecule has 0 saturated carbocycles. The second-order valence-electron chi connectivity index (χ2n) is 6.25. The topological polar surface area (TPSA) is 83.8 Å². The van der Waals surface area contributed by atoms with Gasteiger partial charge in [-0.2, -0.15) is 0 Å². The minimum atomic E-state index is -3.76. The van der Waals surface area contributed by atoms with Gasteiger partial charge in [0.25, 0.3) is 10.0 Å². The van der Waals surface area contributed by atoms with Gasteiger partial charge in [-0.15, -0.1) is 10.2 Å². The number of nitrogens with one attached hydrogen (secondary N) is 1. The van der Waals surface area contributed by atoms with Gasteiger partial charge in [0, 0.05) is 16.6 Å². The first-order valence-electron chi connectivity index (χ1n) is 8.76. The van der Waals surface area contributed by atoms with Gasteiger partial charge in [-0.25, -0.2) is 8.42 Å². The zero-order valence-electron chi connectivity index (χ0n) is 15.3. The molecule has 0 aliphatic heterocycles. The van der Waals surface area contributed by atoms with Crippen LogP contribution in [0.5, 0.6) is 0 Å². The van der Waals surface area contributed by atoms with Crippen LogP contribution in [0.1, 0.15) is 0 Å². The van der Waals surface area contributed by atoms with E-state index in [-0.39, 0.29) is 4.90 Å². The fourth-order valence-corrected chi connectivity index (χ4v) is 4.21. The van der Waals surface area contributed by atoms with E-state index in [1.54, 1.807) is 66.9 Å². The van der Waals surface area contributed by atoms with Crippen LogP contribution in [0.4, 0.5) is 17.1 Å². The molecule has 3 aromatic carbocycles. The van der Waals surface area contributed by atoms with Gasteiger partial charge in [-0.1, -0.05) is 41.4 Å². The zero-order chi connectivity index (χ0) is 21.1. The Labute approximate surface area is 183 Å². The van der Waals surface area contributed by atoms with Crippen molar-refractivity contribution in [2.75, 3.05) is 4.72 Å². The first-order valence-corrected chi connectivity index (χ1v) is 11.0. The van der Waals surface area contributed by atoms with Crippen LogP contribution in [-0.4, -0.2) is 13.4 Å². The second kappa shape index (κ2) is 8.39. The molecule has 1 aromatic heterocycles. The summed E-state index contributed by atoms with van der Waals surface area (Å²) in [6.07, 6.45) is 1.58. The van der Waals surface area contributed by atoms with Crippen molar-refractivity contribution in [1.82, 2.24) is 4.98 Å². The number of pyridine rings is 1. The van der Waals surface area contributed by atoms with E-state index in [1.807, 2.05) is 0 Å². The van der Waals surface area contributed by atoms with Crippen LogP contribution in [0.25, 0.3) is 10.9 Å². The fourth-order valence-electron chi connectivity index (χ4n) is 2.80. The Morgan fingerprint density at radius 2 is 1.60 bits per heavy atom. The number of aromatic nitrogens is 1. The van der Waals surface area contributed by atoms with Crippen LogP contribution in [0, 0.1) is 0 Å². The molecule has 0 spiro atoms. The monoisotopic (exact) mass is 456 g/mol. The first kappa shape index (κ1) is 20.3. The SMILES string of the molecule is O=S(=O)(Nc1ccc(N=Nc2cc(Cl)ccc2Cl)c2cccnc12)c1ccccc1. The van der Waals surface area contributed by atoms with Gasteiger partial charge in [-0.3, -0.25) is 9.71 Å². The van der Waals surface area contributed by atoms with Crippen LogP contribution in [-0.2, 0) is 10.0 Å². The van der Waals surface area contributed by atoms with Gasteiger partial charge >= 0.3 is 0 Å². The summed E-state index contributed by atoms with van der Waals surface area (Å²) < 4.78 is 28.0. The molecule has 6 nitrogen and oxygen atoms in total.